The van der Waals surface area contributed by atoms with Crippen LogP contribution in [0.3, 0.4) is 0 Å². The molecule has 114 valence electrons. The average Bonchev–Trinajstić information content (AvgIpc) is 3.13. The fraction of sp³-hybridized carbons (Fsp3) is 0.312. The highest BCUT2D eigenvalue weighted by atomic mass is 32.1. The number of carboxylic acids is 1. The number of fused-ring (bicyclic) bond motifs is 1. The summed E-state index contributed by atoms with van der Waals surface area (Å²) in [5, 5.41) is 13.7. The summed E-state index contributed by atoms with van der Waals surface area (Å²) in [4.78, 5) is 26.7. The van der Waals surface area contributed by atoms with E-state index in [1.165, 1.54) is 34.3 Å². The maximum Gasteiger partial charge on any atom is 0.355 e. The van der Waals surface area contributed by atoms with Gasteiger partial charge in [-0.1, -0.05) is 18.2 Å². The smallest absolute Gasteiger partial charge is 0.355 e. The topological polar surface area (TPSA) is 79.3 Å². The minimum atomic E-state index is -1.05. The third kappa shape index (κ3) is 3.33. The largest absolute Gasteiger partial charge is 0.476 e. The quantitative estimate of drug-likeness (QED) is 0.886. The molecule has 0 radical (unpaired) electrons. The highest BCUT2D eigenvalue weighted by molar-refractivity contribution is 7.09. The van der Waals surface area contributed by atoms with Crippen LogP contribution >= 0.6 is 11.3 Å². The summed E-state index contributed by atoms with van der Waals surface area (Å²) in [5.41, 5.74) is 3.79. The molecular formula is C16H16N2O3S. The van der Waals surface area contributed by atoms with Crippen molar-refractivity contribution in [2.75, 3.05) is 0 Å². The molecule has 2 N–H and O–H groups in total. The van der Waals surface area contributed by atoms with Gasteiger partial charge in [-0.2, -0.15) is 0 Å². The molecule has 22 heavy (non-hydrogen) atoms. The molecule has 2 aromatic rings. The predicted molar refractivity (Wildman–Crippen MR) is 83.1 cm³/mol. The Labute approximate surface area is 132 Å². The van der Waals surface area contributed by atoms with Gasteiger partial charge in [0, 0.05) is 5.38 Å². The summed E-state index contributed by atoms with van der Waals surface area (Å²) in [6.07, 6.45) is 3.77. The van der Waals surface area contributed by atoms with Crippen molar-refractivity contribution in [2.45, 2.75) is 32.2 Å². The molecule has 0 fully saturated rings. The highest BCUT2D eigenvalue weighted by Gasteiger charge is 2.13. The summed E-state index contributed by atoms with van der Waals surface area (Å²) in [5.74, 6) is -1.13. The number of carbonyl (C=O) groups excluding carboxylic acids is 1. The second kappa shape index (κ2) is 6.27. The van der Waals surface area contributed by atoms with E-state index in [1.54, 1.807) is 0 Å². The lowest BCUT2D eigenvalue weighted by atomic mass is 10.0. The van der Waals surface area contributed by atoms with Crippen molar-refractivity contribution in [3.63, 3.8) is 0 Å². The minimum Gasteiger partial charge on any atom is -0.476 e. The van der Waals surface area contributed by atoms with Gasteiger partial charge in [-0.25, -0.2) is 9.78 Å². The first-order chi connectivity index (χ1) is 10.6. The maximum atomic E-state index is 12.0. The fourth-order valence-electron chi connectivity index (χ4n) is 2.65. The Bertz CT molecular complexity index is 724. The second-order valence-electron chi connectivity index (χ2n) is 5.34. The lowest BCUT2D eigenvalue weighted by molar-refractivity contribution is -0.120. The normalized spacial score (nSPS) is 12.9. The van der Waals surface area contributed by atoms with Gasteiger partial charge < -0.3 is 10.4 Å². The van der Waals surface area contributed by atoms with Crippen LogP contribution in [0.2, 0.25) is 0 Å². The number of carboxylic acid groups (broad SMARTS) is 1. The first-order valence-electron chi connectivity index (χ1n) is 7.17. The van der Waals surface area contributed by atoms with Crippen molar-refractivity contribution in [1.82, 2.24) is 10.3 Å². The number of nitrogens with zero attached hydrogens (tertiary/aromatic N) is 1. The summed E-state index contributed by atoms with van der Waals surface area (Å²) < 4.78 is 0. The predicted octanol–water partition coefficient (Wildman–Crippen LogP) is 2.19. The van der Waals surface area contributed by atoms with Crippen LogP contribution < -0.4 is 5.32 Å². The molecule has 1 aromatic carbocycles. The molecule has 1 aromatic heterocycles. The Hall–Kier alpha value is -2.21. The summed E-state index contributed by atoms with van der Waals surface area (Å²) in [6, 6.07) is 6.24. The Kier molecular flexibility index (Phi) is 4.20. The number of benzene rings is 1. The molecule has 0 saturated carbocycles. The third-order valence-electron chi connectivity index (χ3n) is 3.74. The van der Waals surface area contributed by atoms with Crippen LogP contribution in [-0.4, -0.2) is 22.0 Å². The molecule has 1 aliphatic carbocycles. The standard InChI is InChI=1S/C16H16N2O3S/c19-14(17-8-15-18-13(9-22-15)16(20)21)7-10-4-5-11-2-1-3-12(11)6-10/h4-6,9H,1-3,7-8H2,(H,17,19)(H,20,21). The number of rotatable bonds is 5. The van der Waals surface area contributed by atoms with Crippen molar-refractivity contribution in [2.24, 2.45) is 0 Å². The van der Waals surface area contributed by atoms with Crippen molar-refractivity contribution < 1.29 is 14.7 Å². The molecule has 1 amide bonds. The van der Waals surface area contributed by atoms with Crippen molar-refractivity contribution in [3.05, 3.63) is 51.0 Å². The van der Waals surface area contributed by atoms with Gasteiger partial charge >= 0.3 is 5.97 Å². The Morgan fingerprint density at radius 3 is 2.86 bits per heavy atom. The zero-order valence-electron chi connectivity index (χ0n) is 12.0. The monoisotopic (exact) mass is 316 g/mol. The van der Waals surface area contributed by atoms with E-state index in [9.17, 15) is 9.59 Å². The molecule has 0 unspecified atom stereocenters. The number of hydrogen-bond acceptors (Lipinski definition) is 4. The van der Waals surface area contributed by atoms with Gasteiger partial charge in [-0.05, 0) is 36.0 Å². The molecule has 5 nitrogen and oxygen atoms in total. The first kappa shape index (κ1) is 14.7. The van der Waals surface area contributed by atoms with E-state index < -0.39 is 5.97 Å². The molecule has 0 aliphatic heterocycles. The van der Waals surface area contributed by atoms with E-state index in [2.05, 4.69) is 22.4 Å². The Morgan fingerprint density at radius 2 is 2.09 bits per heavy atom. The van der Waals surface area contributed by atoms with Gasteiger partial charge in [-0.15, -0.1) is 11.3 Å². The molecule has 1 heterocycles. The summed E-state index contributed by atoms with van der Waals surface area (Å²) >= 11 is 1.24. The molecule has 0 saturated heterocycles. The molecule has 0 bridgehead atoms. The van der Waals surface area contributed by atoms with Gasteiger partial charge in [0.15, 0.2) is 5.69 Å². The van der Waals surface area contributed by atoms with E-state index in [0.717, 1.165) is 18.4 Å². The molecular weight excluding hydrogens is 300 g/mol. The highest BCUT2D eigenvalue weighted by Crippen LogP contribution is 2.23. The molecule has 1 aliphatic rings. The maximum absolute atomic E-state index is 12.0. The molecule has 0 atom stereocenters. The number of amides is 1. The number of aryl methyl sites for hydroxylation is 2. The Balaban J connectivity index is 1.55. The average molecular weight is 316 g/mol. The van der Waals surface area contributed by atoms with E-state index >= 15 is 0 Å². The van der Waals surface area contributed by atoms with E-state index in [4.69, 9.17) is 5.11 Å². The lowest BCUT2D eigenvalue weighted by Gasteiger charge is -2.06. The van der Waals surface area contributed by atoms with Gasteiger partial charge in [0.1, 0.15) is 5.01 Å². The zero-order chi connectivity index (χ0) is 15.5. The van der Waals surface area contributed by atoms with Crippen LogP contribution in [-0.2, 0) is 30.6 Å². The van der Waals surface area contributed by atoms with E-state index in [-0.39, 0.29) is 18.1 Å². The van der Waals surface area contributed by atoms with Crippen LogP contribution in [0, 0.1) is 0 Å². The zero-order valence-corrected chi connectivity index (χ0v) is 12.8. The third-order valence-corrected chi connectivity index (χ3v) is 4.58. The number of nitrogens with one attached hydrogen (secondary N) is 1. The number of carbonyl (C=O) groups is 2. The van der Waals surface area contributed by atoms with Crippen LogP contribution in [0.15, 0.2) is 23.6 Å². The van der Waals surface area contributed by atoms with Gasteiger partial charge in [0.25, 0.3) is 0 Å². The van der Waals surface area contributed by atoms with Crippen LogP contribution in [0.1, 0.15) is 38.6 Å². The van der Waals surface area contributed by atoms with Gasteiger partial charge in [-0.3, -0.25) is 4.79 Å². The fourth-order valence-corrected chi connectivity index (χ4v) is 3.36. The number of hydrogen-bond donors (Lipinski definition) is 2. The molecule has 6 heteroatoms. The van der Waals surface area contributed by atoms with Crippen LogP contribution in [0.25, 0.3) is 0 Å². The van der Waals surface area contributed by atoms with Gasteiger partial charge in [0.2, 0.25) is 5.91 Å². The molecule has 0 spiro atoms. The summed E-state index contributed by atoms with van der Waals surface area (Å²) in [6.45, 7) is 0.266. The van der Waals surface area contributed by atoms with E-state index in [0.29, 0.717) is 11.4 Å². The lowest BCUT2D eigenvalue weighted by Crippen LogP contribution is -2.24. The van der Waals surface area contributed by atoms with Crippen molar-refractivity contribution in [3.8, 4) is 0 Å². The number of aromatic carboxylic acids is 1. The Morgan fingerprint density at radius 1 is 1.27 bits per heavy atom. The summed E-state index contributed by atoms with van der Waals surface area (Å²) in [7, 11) is 0. The van der Waals surface area contributed by atoms with Crippen molar-refractivity contribution in [1.29, 1.82) is 0 Å². The van der Waals surface area contributed by atoms with E-state index in [1.807, 2.05) is 6.07 Å². The first-order valence-corrected chi connectivity index (χ1v) is 8.05. The van der Waals surface area contributed by atoms with Gasteiger partial charge in [0.05, 0.1) is 13.0 Å². The van der Waals surface area contributed by atoms with Crippen LogP contribution in [0.5, 0.6) is 0 Å². The minimum absolute atomic E-state index is 0.0212. The number of thiazole rings is 1. The SMILES string of the molecule is O=C(Cc1ccc2c(c1)CCC2)NCc1nc(C(=O)O)cs1. The molecule has 3 rings (SSSR count). The van der Waals surface area contributed by atoms with Crippen molar-refractivity contribution >= 4 is 23.2 Å². The second-order valence-corrected chi connectivity index (χ2v) is 6.28. The van der Waals surface area contributed by atoms with Crippen LogP contribution in [0.4, 0.5) is 0 Å². The number of aromatic nitrogens is 1.